The van der Waals surface area contributed by atoms with Crippen molar-refractivity contribution in [1.82, 2.24) is 9.62 Å². The van der Waals surface area contributed by atoms with Crippen LogP contribution >= 0.6 is 22.6 Å². The molecule has 0 saturated carbocycles. The van der Waals surface area contributed by atoms with E-state index in [0.29, 0.717) is 25.1 Å². The standard InChI is InChI=1S/C20H19F3IN3O4S2/c21-20(22,23)17-7-6-16(32(28,29)15-4-2-1-3-5-15)13-18(17)33(30,31)26-14-8-10-27(11-9-25)19(24)12-14/h1-7,13-14,19,26H,8,10-12H2. The minimum Gasteiger partial charge on any atom is -0.278 e. The molecule has 0 spiro atoms. The second-order valence-electron chi connectivity index (χ2n) is 7.38. The van der Waals surface area contributed by atoms with Crippen molar-refractivity contribution in [3.8, 4) is 6.07 Å². The van der Waals surface area contributed by atoms with Gasteiger partial charge in [0.15, 0.2) is 0 Å². The average Bonchev–Trinajstić information content (AvgIpc) is 2.75. The molecule has 1 aliphatic rings. The summed E-state index contributed by atoms with van der Waals surface area (Å²) in [5, 5.41) is 8.86. The zero-order valence-electron chi connectivity index (χ0n) is 17.0. The number of likely N-dealkylation sites (tertiary alicyclic amines) is 1. The lowest BCUT2D eigenvalue weighted by atomic mass is 10.1. The van der Waals surface area contributed by atoms with E-state index in [9.17, 15) is 30.0 Å². The molecule has 33 heavy (non-hydrogen) atoms. The molecule has 0 aromatic heterocycles. The van der Waals surface area contributed by atoms with Gasteiger partial charge in [-0.2, -0.15) is 18.4 Å². The fraction of sp³-hybridized carbons (Fsp3) is 0.350. The van der Waals surface area contributed by atoms with E-state index in [2.05, 4.69) is 4.72 Å². The Kier molecular flexibility index (Phi) is 7.74. The number of nitrogens with zero attached hydrogens (tertiary/aromatic N) is 2. The molecule has 1 N–H and O–H groups in total. The van der Waals surface area contributed by atoms with Crippen molar-refractivity contribution >= 4 is 42.5 Å². The molecule has 1 aliphatic heterocycles. The molecule has 0 radical (unpaired) electrons. The van der Waals surface area contributed by atoms with Crippen LogP contribution in [0, 0.1) is 11.3 Å². The summed E-state index contributed by atoms with van der Waals surface area (Å²) in [7, 11) is -8.95. The molecule has 0 bridgehead atoms. The number of halogens is 4. The lowest BCUT2D eigenvalue weighted by Gasteiger charge is -2.35. The van der Waals surface area contributed by atoms with Crippen LogP contribution < -0.4 is 4.72 Å². The summed E-state index contributed by atoms with van der Waals surface area (Å²) in [5.41, 5.74) is -1.45. The minimum absolute atomic E-state index is 0.157. The first kappa shape index (κ1) is 25.9. The van der Waals surface area contributed by atoms with Crippen LogP contribution in [0.2, 0.25) is 0 Å². The first-order valence-corrected chi connectivity index (χ1v) is 13.9. The molecule has 0 amide bonds. The maximum Gasteiger partial charge on any atom is 0.417 e. The van der Waals surface area contributed by atoms with Crippen LogP contribution in [0.5, 0.6) is 0 Å². The third-order valence-electron chi connectivity index (χ3n) is 5.15. The molecule has 2 atom stereocenters. The van der Waals surface area contributed by atoms with E-state index in [-0.39, 0.29) is 21.9 Å². The lowest BCUT2D eigenvalue weighted by Crippen LogP contribution is -2.47. The lowest BCUT2D eigenvalue weighted by molar-refractivity contribution is -0.139. The molecule has 1 fully saturated rings. The Morgan fingerprint density at radius 3 is 2.33 bits per heavy atom. The second kappa shape index (κ2) is 9.87. The van der Waals surface area contributed by atoms with Crippen LogP contribution in [0.1, 0.15) is 18.4 Å². The highest BCUT2D eigenvalue weighted by Crippen LogP contribution is 2.36. The van der Waals surface area contributed by atoms with Crippen molar-refractivity contribution in [1.29, 1.82) is 5.26 Å². The summed E-state index contributed by atoms with van der Waals surface area (Å²) in [6, 6.07) is 10.2. The van der Waals surface area contributed by atoms with Gasteiger partial charge in [0.2, 0.25) is 19.9 Å². The first-order chi connectivity index (χ1) is 15.4. The predicted octanol–water partition coefficient (Wildman–Crippen LogP) is 3.57. The molecule has 1 saturated heterocycles. The highest BCUT2D eigenvalue weighted by atomic mass is 127. The highest BCUT2D eigenvalue weighted by molar-refractivity contribution is 14.1. The number of benzene rings is 2. The number of hydrogen-bond acceptors (Lipinski definition) is 6. The van der Waals surface area contributed by atoms with Crippen LogP contribution in [0.3, 0.4) is 0 Å². The van der Waals surface area contributed by atoms with Crippen molar-refractivity contribution in [2.24, 2.45) is 0 Å². The Morgan fingerprint density at radius 1 is 1.09 bits per heavy atom. The SMILES string of the molecule is N#CCN1CCC(NS(=O)(=O)c2cc(S(=O)(=O)c3ccccc3)ccc2C(F)(F)F)CC1I. The smallest absolute Gasteiger partial charge is 0.278 e. The van der Waals surface area contributed by atoms with Crippen LogP contribution in [0.15, 0.2) is 63.2 Å². The molecule has 3 rings (SSSR count). The van der Waals surface area contributed by atoms with Gasteiger partial charge in [0.05, 0.1) is 36.9 Å². The van der Waals surface area contributed by atoms with Gasteiger partial charge in [-0.25, -0.2) is 21.6 Å². The molecule has 2 unspecified atom stereocenters. The van der Waals surface area contributed by atoms with Gasteiger partial charge in [-0.3, -0.25) is 4.90 Å². The number of nitriles is 1. The Balaban J connectivity index is 2.00. The van der Waals surface area contributed by atoms with Crippen molar-refractivity contribution in [3.05, 3.63) is 54.1 Å². The summed E-state index contributed by atoms with van der Waals surface area (Å²) >= 11 is 2.05. The molecule has 2 aromatic carbocycles. The van der Waals surface area contributed by atoms with Crippen molar-refractivity contribution in [2.45, 2.75) is 43.8 Å². The minimum atomic E-state index is -5.01. The van der Waals surface area contributed by atoms with Gasteiger partial charge in [0, 0.05) is 12.6 Å². The van der Waals surface area contributed by atoms with Crippen LogP contribution in [0.25, 0.3) is 0 Å². The second-order valence-corrected chi connectivity index (χ2v) is 12.4. The fourth-order valence-corrected chi connectivity index (χ4v) is 7.49. The monoisotopic (exact) mass is 613 g/mol. The van der Waals surface area contributed by atoms with Gasteiger partial charge in [-0.05, 0) is 43.2 Å². The first-order valence-electron chi connectivity index (χ1n) is 9.65. The molecule has 13 heteroatoms. The van der Waals surface area contributed by atoms with Gasteiger partial charge in [-0.1, -0.05) is 40.8 Å². The Hall–Kier alpha value is -1.73. The van der Waals surface area contributed by atoms with Gasteiger partial charge in [0.1, 0.15) is 0 Å². The van der Waals surface area contributed by atoms with E-state index < -0.39 is 47.4 Å². The molecule has 178 valence electrons. The third-order valence-corrected chi connectivity index (χ3v) is 9.77. The maximum atomic E-state index is 13.6. The topological polar surface area (TPSA) is 107 Å². The quantitative estimate of drug-likeness (QED) is 0.231. The zero-order chi connectivity index (χ0) is 24.4. The number of alkyl halides is 4. The predicted molar refractivity (Wildman–Crippen MR) is 122 cm³/mol. The van der Waals surface area contributed by atoms with E-state index in [1.165, 1.54) is 24.3 Å². The zero-order valence-corrected chi connectivity index (χ0v) is 20.7. The van der Waals surface area contributed by atoms with Crippen LogP contribution in [0.4, 0.5) is 13.2 Å². The van der Waals surface area contributed by atoms with Crippen LogP contribution in [-0.4, -0.2) is 44.9 Å². The van der Waals surface area contributed by atoms with E-state index in [0.717, 1.165) is 6.07 Å². The summed E-state index contributed by atoms with van der Waals surface area (Å²) in [6.07, 6.45) is -4.43. The molecular formula is C20H19F3IN3O4S2. The molecule has 1 heterocycles. The van der Waals surface area contributed by atoms with Gasteiger partial charge in [0.25, 0.3) is 0 Å². The Labute approximate surface area is 203 Å². The summed E-state index contributed by atoms with van der Waals surface area (Å²) in [5.74, 6) is 0. The average molecular weight is 613 g/mol. The van der Waals surface area contributed by atoms with E-state index in [1.807, 2.05) is 33.6 Å². The normalized spacial score (nSPS) is 20.3. The summed E-state index contributed by atoms with van der Waals surface area (Å²) < 4.78 is 94.8. The van der Waals surface area contributed by atoms with E-state index in [1.54, 1.807) is 6.07 Å². The molecular weight excluding hydrogens is 594 g/mol. The highest BCUT2D eigenvalue weighted by Gasteiger charge is 2.39. The number of rotatable bonds is 6. The number of sulfone groups is 1. The van der Waals surface area contributed by atoms with E-state index >= 15 is 0 Å². The molecule has 2 aromatic rings. The Morgan fingerprint density at radius 2 is 1.76 bits per heavy atom. The van der Waals surface area contributed by atoms with E-state index in [4.69, 9.17) is 5.26 Å². The Bertz CT molecular complexity index is 1260. The maximum absolute atomic E-state index is 13.6. The largest absolute Gasteiger partial charge is 0.417 e. The number of hydrogen-bond donors (Lipinski definition) is 1. The number of nitrogens with one attached hydrogen (secondary N) is 1. The van der Waals surface area contributed by atoms with Crippen molar-refractivity contribution < 1.29 is 30.0 Å². The summed E-state index contributed by atoms with van der Waals surface area (Å²) in [4.78, 5) is -0.0348. The van der Waals surface area contributed by atoms with Crippen molar-refractivity contribution in [2.75, 3.05) is 13.1 Å². The third kappa shape index (κ3) is 5.86. The molecule has 0 aliphatic carbocycles. The summed E-state index contributed by atoms with van der Waals surface area (Å²) in [6.45, 7) is 0.549. The number of sulfonamides is 1. The van der Waals surface area contributed by atoms with Crippen LogP contribution in [-0.2, 0) is 26.0 Å². The van der Waals surface area contributed by atoms with Gasteiger partial charge >= 0.3 is 6.18 Å². The fourth-order valence-electron chi connectivity index (χ4n) is 3.48. The van der Waals surface area contributed by atoms with Crippen molar-refractivity contribution in [3.63, 3.8) is 0 Å². The van der Waals surface area contributed by atoms with Gasteiger partial charge < -0.3 is 0 Å². The molecule has 7 nitrogen and oxygen atoms in total. The number of piperidine rings is 1. The van der Waals surface area contributed by atoms with Gasteiger partial charge in [-0.15, -0.1) is 0 Å².